The minimum absolute atomic E-state index is 0.217. The van der Waals surface area contributed by atoms with Crippen molar-refractivity contribution in [2.75, 3.05) is 0 Å². The summed E-state index contributed by atoms with van der Waals surface area (Å²) in [5.41, 5.74) is -1.08. The maximum atomic E-state index is 12.4. The van der Waals surface area contributed by atoms with E-state index in [1.807, 2.05) is 0 Å². The number of alkyl halides is 3. The Bertz CT molecular complexity index is 449. The molecule has 0 aliphatic carbocycles. The van der Waals surface area contributed by atoms with E-state index in [-0.39, 0.29) is 5.69 Å². The second-order valence-electron chi connectivity index (χ2n) is 4.14. The van der Waals surface area contributed by atoms with Gasteiger partial charge in [-0.2, -0.15) is 13.2 Å². The van der Waals surface area contributed by atoms with Gasteiger partial charge in [0.05, 0.1) is 5.56 Å². The van der Waals surface area contributed by atoms with E-state index in [2.05, 4.69) is 4.99 Å². The number of halogens is 3. The Labute approximate surface area is 90.8 Å². The fraction of sp³-hybridized carbons (Fsp3) is 0.364. The smallest absolute Gasteiger partial charge is 0.416 e. The molecule has 0 saturated heterocycles. The molecule has 2 rings (SSSR count). The first kappa shape index (κ1) is 11.0. The Balaban J connectivity index is 2.43. The molecule has 1 aromatic carbocycles. The number of benzene rings is 1. The lowest BCUT2D eigenvalue weighted by Crippen LogP contribution is -2.31. The van der Waals surface area contributed by atoms with Gasteiger partial charge in [-0.1, -0.05) is 0 Å². The average molecular weight is 229 g/mol. The molecular weight excluding hydrogens is 219 g/mol. The second kappa shape index (κ2) is 3.23. The molecule has 0 aromatic heterocycles. The van der Waals surface area contributed by atoms with Gasteiger partial charge in [-0.05, 0) is 32.0 Å². The van der Waals surface area contributed by atoms with E-state index < -0.39 is 17.3 Å². The van der Waals surface area contributed by atoms with E-state index >= 15 is 0 Å². The van der Waals surface area contributed by atoms with Crippen molar-refractivity contribution < 1.29 is 17.9 Å². The zero-order valence-corrected chi connectivity index (χ0v) is 8.80. The molecule has 0 fully saturated rings. The van der Waals surface area contributed by atoms with Gasteiger partial charge < -0.3 is 4.74 Å². The summed E-state index contributed by atoms with van der Waals surface area (Å²) in [5, 5.41) is 0. The normalized spacial score (nSPS) is 17.8. The van der Waals surface area contributed by atoms with Crippen molar-refractivity contribution in [1.82, 2.24) is 0 Å². The first-order chi connectivity index (χ1) is 7.28. The number of rotatable bonds is 0. The van der Waals surface area contributed by atoms with Gasteiger partial charge in [0.1, 0.15) is 17.0 Å². The van der Waals surface area contributed by atoms with Crippen LogP contribution in [0.15, 0.2) is 23.2 Å². The fourth-order valence-corrected chi connectivity index (χ4v) is 1.42. The molecule has 1 heterocycles. The van der Waals surface area contributed by atoms with Crippen LogP contribution >= 0.6 is 0 Å². The standard InChI is InChI=1S/C11H10F3NO/c1-10(2)6-15-8-5-7(11(12,13)14)3-4-9(8)16-10/h3-6H,1-2H3. The highest BCUT2D eigenvalue weighted by Gasteiger charge is 2.32. The third kappa shape index (κ3) is 2.03. The molecule has 0 saturated carbocycles. The Morgan fingerprint density at radius 2 is 1.94 bits per heavy atom. The molecule has 0 bridgehead atoms. The van der Waals surface area contributed by atoms with Crippen LogP contribution in [0.1, 0.15) is 19.4 Å². The first-order valence-electron chi connectivity index (χ1n) is 4.73. The van der Waals surface area contributed by atoms with Crippen LogP contribution in [0.3, 0.4) is 0 Å². The molecule has 0 amide bonds. The van der Waals surface area contributed by atoms with Gasteiger partial charge in [0, 0.05) is 6.21 Å². The van der Waals surface area contributed by atoms with Gasteiger partial charge in [0.2, 0.25) is 0 Å². The van der Waals surface area contributed by atoms with Crippen molar-refractivity contribution >= 4 is 11.9 Å². The first-order valence-corrected chi connectivity index (χ1v) is 4.73. The van der Waals surface area contributed by atoms with E-state index in [1.165, 1.54) is 12.3 Å². The van der Waals surface area contributed by atoms with Crippen LogP contribution < -0.4 is 4.74 Å². The van der Waals surface area contributed by atoms with Crippen molar-refractivity contribution in [3.8, 4) is 5.75 Å². The number of fused-ring (bicyclic) bond motifs is 1. The Hall–Kier alpha value is -1.52. The Morgan fingerprint density at radius 3 is 2.56 bits per heavy atom. The molecule has 1 aliphatic rings. The summed E-state index contributed by atoms with van der Waals surface area (Å²) < 4.78 is 42.7. The lowest BCUT2D eigenvalue weighted by molar-refractivity contribution is -0.137. The molecule has 16 heavy (non-hydrogen) atoms. The number of nitrogens with zero attached hydrogens (tertiary/aromatic N) is 1. The average Bonchev–Trinajstić information content (AvgIpc) is 2.14. The number of aliphatic imine (C=N–C) groups is 1. The molecule has 0 radical (unpaired) electrons. The van der Waals surface area contributed by atoms with E-state index in [9.17, 15) is 13.2 Å². The number of ether oxygens (including phenoxy) is 1. The molecule has 0 N–H and O–H groups in total. The molecule has 0 unspecified atom stereocenters. The van der Waals surface area contributed by atoms with E-state index in [0.29, 0.717) is 5.75 Å². The molecule has 2 nitrogen and oxygen atoms in total. The minimum Gasteiger partial charge on any atom is -0.480 e. The predicted molar refractivity (Wildman–Crippen MR) is 54.3 cm³/mol. The van der Waals surface area contributed by atoms with E-state index in [1.54, 1.807) is 13.8 Å². The van der Waals surface area contributed by atoms with Gasteiger partial charge in [-0.3, -0.25) is 4.99 Å². The summed E-state index contributed by atoms with van der Waals surface area (Å²) in [5.74, 6) is 0.375. The van der Waals surface area contributed by atoms with Crippen molar-refractivity contribution in [3.05, 3.63) is 23.8 Å². The third-order valence-electron chi connectivity index (χ3n) is 2.17. The fourth-order valence-electron chi connectivity index (χ4n) is 1.42. The largest absolute Gasteiger partial charge is 0.480 e. The van der Waals surface area contributed by atoms with Gasteiger partial charge >= 0.3 is 6.18 Å². The van der Waals surface area contributed by atoms with Crippen LogP contribution in [0.4, 0.5) is 18.9 Å². The van der Waals surface area contributed by atoms with Crippen LogP contribution in [0.2, 0.25) is 0 Å². The van der Waals surface area contributed by atoms with Crippen LogP contribution in [0.5, 0.6) is 5.75 Å². The maximum Gasteiger partial charge on any atom is 0.416 e. The van der Waals surface area contributed by atoms with Gasteiger partial charge in [-0.25, -0.2) is 0 Å². The summed E-state index contributed by atoms with van der Waals surface area (Å²) >= 11 is 0. The SMILES string of the molecule is CC1(C)C=Nc2cc(C(F)(F)F)ccc2O1. The third-order valence-corrected chi connectivity index (χ3v) is 2.17. The van der Waals surface area contributed by atoms with Gasteiger partial charge in [-0.15, -0.1) is 0 Å². The zero-order valence-electron chi connectivity index (χ0n) is 8.80. The zero-order chi connectivity index (χ0) is 12.0. The molecule has 0 spiro atoms. The quantitative estimate of drug-likeness (QED) is 0.666. The molecule has 1 aliphatic heterocycles. The topological polar surface area (TPSA) is 21.6 Å². The van der Waals surface area contributed by atoms with Crippen molar-refractivity contribution in [2.45, 2.75) is 25.6 Å². The molecule has 1 aromatic rings. The molecular formula is C11H10F3NO. The summed E-state index contributed by atoms with van der Waals surface area (Å²) in [6, 6.07) is 3.28. The summed E-state index contributed by atoms with van der Waals surface area (Å²) in [6.45, 7) is 3.58. The Morgan fingerprint density at radius 1 is 1.25 bits per heavy atom. The lowest BCUT2D eigenvalue weighted by Gasteiger charge is -2.27. The van der Waals surface area contributed by atoms with Crippen LogP contribution in [-0.4, -0.2) is 11.8 Å². The van der Waals surface area contributed by atoms with E-state index in [4.69, 9.17) is 4.74 Å². The summed E-state index contributed by atoms with van der Waals surface area (Å²) in [6.07, 6.45) is -2.85. The second-order valence-corrected chi connectivity index (χ2v) is 4.14. The van der Waals surface area contributed by atoms with Crippen molar-refractivity contribution in [1.29, 1.82) is 0 Å². The molecule has 5 heteroatoms. The number of hydrogen-bond acceptors (Lipinski definition) is 2. The van der Waals surface area contributed by atoms with Crippen LogP contribution in [0, 0.1) is 0 Å². The molecule has 86 valence electrons. The Kier molecular flexibility index (Phi) is 2.22. The highest BCUT2D eigenvalue weighted by atomic mass is 19.4. The maximum absolute atomic E-state index is 12.4. The minimum atomic E-state index is -4.35. The predicted octanol–water partition coefficient (Wildman–Crippen LogP) is 3.58. The summed E-state index contributed by atoms with van der Waals surface area (Å²) in [7, 11) is 0. The van der Waals surface area contributed by atoms with Gasteiger partial charge in [0.25, 0.3) is 0 Å². The van der Waals surface area contributed by atoms with Crippen LogP contribution in [-0.2, 0) is 6.18 Å². The summed E-state index contributed by atoms with van der Waals surface area (Å²) in [4.78, 5) is 3.97. The number of hydrogen-bond donors (Lipinski definition) is 0. The van der Waals surface area contributed by atoms with Gasteiger partial charge in [0.15, 0.2) is 0 Å². The molecule has 0 atom stereocenters. The highest BCUT2D eigenvalue weighted by Crippen LogP contribution is 2.39. The highest BCUT2D eigenvalue weighted by molar-refractivity contribution is 5.77. The van der Waals surface area contributed by atoms with E-state index in [0.717, 1.165) is 12.1 Å². The van der Waals surface area contributed by atoms with Crippen molar-refractivity contribution in [2.24, 2.45) is 4.99 Å². The van der Waals surface area contributed by atoms with Crippen LogP contribution in [0.25, 0.3) is 0 Å². The van der Waals surface area contributed by atoms with Crippen molar-refractivity contribution in [3.63, 3.8) is 0 Å². The lowest BCUT2D eigenvalue weighted by atomic mass is 10.1. The monoisotopic (exact) mass is 229 g/mol.